The Morgan fingerprint density at radius 1 is 1.00 bits per heavy atom. The number of amides is 4. The monoisotopic (exact) mass is 456 g/mol. The Balaban J connectivity index is 1.77. The lowest BCUT2D eigenvalue weighted by Crippen LogP contribution is -2.54. The lowest BCUT2D eigenvalue weighted by Gasteiger charge is -2.27. The lowest BCUT2D eigenvalue weighted by molar-refractivity contribution is -0.136. The van der Waals surface area contributed by atoms with Crippen LogP contribution in [0, 0.1) is 6.92 Å². The molecule has 1 unspecified atom stereocenters. The molecule has 2 aromatic carbocycles. The number of aryl methyl sites for hydroxylation is 1. The van der Waals surface area contributed by atoms with Crippen LogP contribution in [0.4, 0.5) is 0 Å². The molecule has 1 saturated heterocycles. The fourth-order valence-electron chi connectivity index (χ4n) is 3.94. The van der Waals surface area contributed by atoms with Gasteiger partial charge in [0.2, 0.25) is 11.8 Å². The summed E-state index contributed by atoms with van der Waals surface area (Å²) in [6.45, 7) is 3.33. The first kappa shape index (κ1) is 21.8. The molecule has 0 radical (unpaired) electrons. The van der Waals surface area contributed by atoms with Crippen molar-refractivity contribution in [2.45, 2.75) is 37.6 Å². The van der Waals surface area contributed by atoms with Gasteiger partial charge in [0.1, 0.15) is 10.9 Å². The molecule has 166 valence electrons. The predicted octanol–water partition coefficient (Wildman–Crippen LogP) is 1.79. The van der Waals surface area contributed by atoms with Crippen molar-refractivity contribution in [1.29, 1.82) is 0 Å². The summed E-state index contributed by atoms with van der Waals surface area (Å²) in [6.07, 6.45) is 0.0780. The van der Waals surface area contributed by atoms with Gasteiger partial charge >= 0.3 is 0 Å². The maximum atomic E-state index is 13.1. The van der Waals surface area contributed by atoms with Crippen LogP contribution >= 0.6 is 0 Å². The van der Waals surface area contributed by atoms with Crippen molar-refractivity contribution in [3.8, 4) is 11.1 Å². The summed E-state index contributed by atoms with van der Waals surface area (Å²) in [5, 5.41) is 2.15. The maximum Gasteiger partial charge on any atom is 0.297 e. The van der Waals surface area contributed by atoms with Crippen molar-refractivity contribution in [3.63, 3.8) is 0 Å². The van der Waals surface area contributed by atoms with Gasteiger partial charge in [-0.1, -0.05) is 23.8 Å². The van der Waals surface area contributed by atoms with E-state index in [4.69, 9.17) is 4.18 Å². The Bertz CT molecular complexity index is 1280. The summed E-state index contributed by atoms with van der Waals surface area (Å²) >= 11 is 0. The van der Waals surface area contributed by atoms with E-state index >= 15 is 0 Å². The van der Waals surface area contributed by atoms with Gasteiger partial charge in [-0.15, -0.1) is 0 Å². The summed E-state index contributed by atoms with van der Waals surface area (Å²) in [5.41, 5.74) is 1.73. The molecule has 2 heterocycles. The topological polar surface area (TPSA) is 127 Å². The SMILES string of the molecule is CCOS(=O)(=O)c1ccc(C)cc1-c1ccc2c(c1)C(=O)N(C1CCC(=O)NC1=O)C2=O. The number of fused-ring (bicyclic) bond motifs is 1. The zero-order chi connectivity index (χ0) is 23.2. The van der Waals surface area contributed by atoms with Crippen LogP contribution in [0.25, 0.3) is 11.1 Å². The molecule has 0 aliphatic carbocycles. The van der Waals surface area contributed by atoms with E-state index in [1.54, 1.807) is 32.0 Å². The number of carbonyl (C=O) groups is 4. The van der Waals surface area contributed by atoms with Gasteiger partial charge in [-0.05, 0) is 44.0 Å². The van der Waals surface area contributed by atoms with Crippen LogP contribution in [0.3, 0.4) is 0 Å². The second kappa shape index (κ2) is 7.95. The third kappa shape index (κ3) is 3.61. The third-order valence-corrected chi connectivity index (χ3v) is 6.87. The molecule has 2 aliphatic heterocycles. The fraction of sp³-hybridized carbons (Fsp3) is 0.273. The minimum atomic E-state index is -4.03. The van der Waals surface area contributed by atoms with Crippen LogP contribution in [-0.4, -0.2) is 49.6 Å². The molecular formula is C22H20N2O7S. The van der Waals surface area contributed by atoms with Crippen LogP contribution in [0.15, 0.2) is 41.3 Å². The van der Waals surface area contributed by atoms with E-state index in [0.717, 1.165) is 10.5 Å². The summed E-state index contributed by atoms with van der Waals surface area (Å²) in [4.78, 5) is 50.4. The van der Waals surface area contributed by atoms with Gasteiger partial charge < -0.3 is 0 Å². The molecule has 32 heavy (non-hydrogen) atoms. The molecule has 2 aliphatic rings. The van der Waals surface area contributed by atoms with Crippen LogP contribution in [0.5, 0.6) is 0 Å². The number of imide groups is 2. The van der Waals surface area contributed by atoms with Crippen LogP contribution in [0.2, 0.25) is 0 Å². The molecule has 4 amide bonds. The highest BCUT2D eigenvalue weighted by molar-refractivity contribution is 7.87. The zero-order valence-electron chi connectivity index (χ0n) is 17.4. The zero-order valence-corrected chi connectivity index (χ0v) is 18.2. The molecule has 1 atom stereocenters. The van der Waals surface area contributed by atoms with Crippen LogP contribution < -0.4 is 5.32 Å². The Kier molecular flexibility index (Phi) is 5.43. The van der Waals surface area contributed by atoms with Gasteiger partial charge in [-0.25, -0.2) is 0 Å². The number of benzene rings is 2. The highest BCUT2D eigenvalue weighted by atomic mass is 32.2. The number of nitrogens with zero attached hydrogens (tertiary/aromatic N) is 1. The van der Waals surface area contributed by atoms with Crippen molar-refractivity contribution in [1.82, 2.24) is 10.2 Å². The van der Waals surface area contributed by atoms with Crippen molar-refractivity contribution >= 4 is 33.7 Å². The normalized spacial score (nSPS) is 18.7. The first-order chi connectivity index (χ1) is 15.1. The highest BCUT2D eigenvalue weighted by Crippen LogP contribution is 2.34. The second-order valence-electron chi connectivity index (χ2n) is 7.57. The van der Waals surface area contributed by atoms with Gasteiger partial charge in [0.25, 0.3) is 21.9 Å². The standard InChI is InChI=1S/C22H20N2O7S/c1-3-31-32(29,30)18-8-4-12(2)10-15(18)13-5-6-14-16(11-13)22(28)24(21(14)27)17-7-9-19(25)23-20(17)26/h4-6,8,10-11,17H,3,7,9H2,1-2H3,(H,23,25,26). The van der Waals surface area contributed by atoms with Crippen LogP contribution in [-0.2, 0) is 23.9 Å². The molecule has 1 fully saturated rings. The molecule has 0 bridgehead atoms. The van der Waals surface area contributed by atoms with Gasteiger partial charge in [0.15, 0.2) is 0 Å². The van der Waals surface area contributed by atoms with Gasteiger partial charge in [0.05, 0.1) is 17.7 Å². The minimum Gasteiger partial charge on any atom is -0.295 e. The Labute approximate surface area is 184 Å². The Morgan fingerprint density at radius 3 is 2.41 bits per heavy atom. The first-order valence-corrected chi connectivity index (χ1v) is 11.4. The van der Waals surface area contributed by atoms with E-state index in [0.29, 0.717) is 11.1 Å². The molecular weight excluding hydrogens is 436 g/mol. The number of piperidine rings is 1. The molecule has 9 nitrogen and oxygen atoms in total. The maximum absolute atomic E-state index is 13.1. The first-order valence-electron chi connectivity index (χ1n) is 10.00. The van der Waals surface area contributed by atoms with Crippen molar-refractivity contribution in [2.24, 2.45) is 0 Å². The summed E-state index contributed by atoms with van der Waals surface area (Å²) in [5.74, 6) is -2.44. The van der Waals surface area contributed by atoms with E-state index in [1.165, 1.54) is 18.2 Å². The number of nitrogens with one attached hydrogen (secondary N) is 1. The van der Waals surface area contributed by atoms with E-state index < -0.39 is 39.8 Å². The van der Waals surface area contributed by atoms with E-state index in [9.17, 15) is 27.6 Å². The Hall–Kier alpha value is -3.37. The lowest BCUT2D eigenvalue weighted by atomic mass is 9.99. The average Bonchev–Trinajstić information content (AvgIpc) is 2.98. The summed E-state index contributed by atoms with van der Waals surface area (Å²) in [6, 6.07) is 8.10. The molecule has 2 aromatic rings. The van der Waals surface area contributed by atoms with Gasteiger partial charge in [0, 0.05) is 12.0 Å². The molecule has 0 aromatic heterocycles. The van der Waals surface area contributed by atoms with Gasteiger partial charge in [-0.2, -0.15) is 8.42 Å². The smallest absolute Gasteiger partial charge is 0.295 e. The van der Waals surface area contributed by atoms with Crippen molar-refractivity contribution in [2.75, 3.05) is 6.61 Å². The number of hydrogen-bond donors (Lipinski definition) is 1. The molecule has 0 saturated carbocycles. The average molecular weight is 456 g/mol. The van der Waals surface area contributed by atoms with Crippen LogP contribution in [0.1, 0.15) is 46.0 Å². The summed E-state index contributed by atoms with van der Waals surface area (Å²) in [7, 11) is -4.03. The molecule has 0 spiro atoms. The van der Waals surface area contributed by atoms with Crippen molar-refractivity contribution < 1.29 is 31.8 Å². The van der Waals surface area contributed by atoms with E-state index in [2.05, 4.69) is 5.32 Å². The third-order valence-electron chi connectivity index (χ3n) is 5.43. The predicted molar refractivity (Wildman–Crippen MR) is 112 cm³/mol. The largest absolute Gasteiger partial charge is 0.297 e. The quantitative estimate of drug-likeness (QED) is 0.537. The number of rotatable bonds is 5. The molecule has 1 N–H and O–H groups in total. The van der Waals surface area contributed by atoms with Crippen molar-refractivity contribution in [3.05, 3.63) is 53.1 Å². The molecule has 4 rings (SSSR count). The second-order valence-corrected chi connectivity index (χ2v) is 9.15. The number of hydrogen-bond acceptors (Lipinski definition) is 7. The minimum absolute atomic E-state index is 0.0248. The van der Waals surface area contributed by atoms with E-state index in [-0.39, 0.29) is 35.5 Å². The Morgan fingerprint density at radius 2 is 1.72 bits per heavy atom. The fourth-order valence-corrected chi connectivity index (χ4v) is 5.06. The number of carbonyl (C=O) groups excluding carboxylic acids is 4. The van der Waals surface area contributed by atoms with E-state index in [1.807, 2.05) is 0 Å². The summed E-state index contributed by atoms with van der Waals surface area (Å²) < 4.78 is 30.1. The highest BCUT2D eigenvalue weighted by Gasteiger charge is 2.44. The van der Waals surface area contributed by atoms with Gasteiger partial charge in [-0.3, -0.25) is 33.6 Å². The molecule has 10 heteroatoms.